The molecular formula is C20H19N9O. The maximum absolute atomic E-state index is 12.2. The minimum Gasteiger partial charge on any atom is -0.387 e. The van der Waals surface area contributed by atoms with E-state index in [0.717, 1.165) is 11.4 Å². The lowest BCUT2D eigenvalue weighted by Crippen LogP contribution is -2.17. The van der Waals surface area contributed by atoms with Crippen LogP contribution in [-0.2, 0) is 0 Å². The summed E-state index contributed by atoms with van der Waals surface area (Å²) in [6.45, 7) is 5.26. The van der Waals surface area contributed by atoms with Crippen molar-refractivity contribution in [3.63, 3.8) is 0 Å². The molecule has 0 aliphatic carbocycles. The van der Waals surface area contributed by atoms with Crippen molar-refractivity contribution >= 4 is 34.6 Å². The molecule has 0 aliphatic rings. The smallest absolute Gasteiger partial charge is 0.281 e. The molecule has 3 aromatic rings. The molecule has 150 valence electrons. The molecule has 3 heterocycles. The summed E-state index contributed by atoms with van der Waals surface area (Å²) >= 11 is 0. The number of aryl methyl sites for hydroxylation is 2. The van der Waals surface area contributed by atoms with Crippen LogP contribution in [0, 0.1) is 25.7 Å². The van der Waals surface area contributed by atoms with Crippen molar-refractivity contribution in [1.82, 2.24) is 19.9 Å². The van der Waals surface area contributed by atoms with Crippen LogP contribution in [0.15, 0.2) is 34.6 Å². The molecule has 0 unspecified atom stereocenters. The summed E-state index contributed by atoms with van der Waals surface area (Å²) in [5.74, 6) is 5.46. The van der Waals surface area contributed by atoms with Crippen LogP contribution >= 0.6 is 0 Å². The molecule has 0 spiro atoms. The molecule has 0 atom stereocenters. The van der Waals surface area contributed by atoms with E-state index in [2.05, 4.69) is 41.8 Å². The molecule has 0 saturated carbocycles. The van der Waals surface area contributed by atoms with Crippen LogP contribution in [0.5, 0.6) is 0 Å². The van der Waals surface area contributed by atoms with Gasteiger partial charge in [-0.2, -0.15) is 4.99 Å². The van der Waals surface area contributed by atoms with Gasteiger partial charge in [-0.15, -0.1) is 0 Å². The number of rotatable bonds is 1. The topological polar surface area (TPSA) is 171 Å². The van der Waals surface area contributed by atoms with Gasteiger partial charge in [0, 0.05) is 18.0 Å². The van der Waals surface area contributed by atoms with Gasteiger partial charge < -0.3 is 17.2 Å². The molecule has 30 heavy (non-hydrogen) atoms. The number of amides is 1. The molecule has 0 aromatic carbocycles. The van der Waals surface area contributed by atoms with Crippen LogP contribution in [0.3, 0.4) is 0 Å². The first-order valence-corrected chi connectivity index (χ1v) is 8.80. The lowest BCUT2D eigenvalue weighted by Gasteiger charge is -2.05. The third-order valence-electron chi connectivity index (χ3n) is 3.98. The Balaban J connectivity index is 1.99. The lowest BCUT2D eigenvalue weighted by atomic mass is 10.1. The van der Waals surface area contributed by atoms with Crippen molar-refractivity contribution in [3.05, 3.63) is 52.7 Å². The fraction of sp³-hybridized carbons (Fsp3) is 0.150. The SMILES string of the molecule is C/C(N)=N/C(N)=NC(=O)c1cncc(C#Cc2c(N)ncc3nc(C)c(C)nc23)c1. The highest BCUT2D eigenvalue weighted by molar-refractivity contribution is 6.04. The summed E-state index contributed by atoms with van der Waals surface area (Å²) < 4.78 is 0. The highest BCUT2D eigenvalue weighted by Crippen LogP contribution is 2.19. The van der Waals surface area contributed by atoms with Gasteiger partial charge in [0.2, 0.25) is 5.96 Å². The summed E-state index contributed by atoms with van der Waals surface area (Å²) in [4.78, 5) is 36.8. The fourth-order valence-electron chi connectivity index (χ4n) is 2.47. The molecule has 0 radical (unpaired) electrons. The van der Waals surface area contributed by atoms with Gasteiger partial charge in [-0.1, -0.05) is 11.8 Å². The number of fused-ring (bicyclic) bond motifs is 1. The molecule has 0 fully saturated rings. The van der Waals surface area contributed by atoms with Gasteiger partial charge in [-0.3, -0.25) is 9.78 Å². The van der Waals surface area contributed by atoms with Gasteiger partial charge in [-0.05, 0) is 26.8 Å². The Morgan fingerprint density at radius 1 is 1.03 bits per heavy atom. The Labute approximate surface area is 172 Å². The number of aliphatic imine (C=N–C) groups is 2. The van der Waals surface area contributed by atoms with Crippen LogP contribution in [0.2, 0.25) is 0 Å². The molecule has 3 rings (SSSR count). The molecule has 6 N–H and O–H groups in total. The zero-order valence-corrected chi connectivity index (χ0v) is 16.6. The van der Waals surface area contributed by atoms with E-state index in [9.17, 15) is 4.79 Å². The first-order chi connectivity index (χ1) is 14.2. The van der Waals surface area contributed by atoms with E-state index in [1.54, 1.807) is 6.20 Å². The van der Waals surface area contributed by atoms with Gasteiger partial charge in [0.05, 0.1) is 34.5 Å². The zero-order chi connectivity index (χ0) is 21.8. The van der Waals surface area contributed by atoms with Gasteiger partial charge in [0.15, 0.2) is 0 Å². The zero-order valence-electron chi connectivity index (χ0n) is 16.6. The fourth-order valence-corrected chi connectivity index (χ4v) is 2.47. The molecule has 0 aliphatic heterocycles. The Morgan fingerprint density at radius 2 is 1.77 bits per heavy atom. The van der Waals surface area contributed by atoms with E-state index in [4.69, 9.17) is 17.2 Å². The van der Waals surface area contributed by atoms with E-state index in [1.165, 1.54) is 25.4 Å². The van der Waals surface area contributed by atoms with E-state index >= 15 is 0 Å². The largest absolute Gasteiger partial charge is 0.387 e. The molecule has 3 aromatic heterocycles. The third-order valence-corrected chi connectivity index (χ3v) is 3.98. The van der Waals surface area contributed by atoms with Crippen LogP contribution in [-0.4, -0.2) is 37.6 Å². The number of nitrogens with zero attached hydrogens (tertiary/aromatic N) is 6. The second kappa shape index (κ2) is 8.32. The highest BCUT2D eigenvalue weighted by atomic mass is 16.1. The Kier molecular flexibility index (Phi) is 5.64. The number of pyridine rings is 2. The molecular weight excluding hydrogens is 382 g/mol. The number of nitrogens with two attached hydrogens (primary N) is 3. The Hall–Kier alpha value is -4.39. The van der Waals surface area contributed by atoms with E-state index in [1.807, 2.05) is 13.8 Å². The number of aromatic nitrogens is 4. The first kappa shape index (κ1) is 20.3. The normalized spacial score (nSPS) is 11.8. The number of carbonyl (C=O) groups excluding carboxylic acids is 1. The lowest BCUT2D eigenvalue weighted by molar-refractivity contribution is 0.100. The van der Waals surface area contributed by atoms with Crippen molar-refractivity contribution in [1.29, 1.82) is 0 Å². The Bertz CT molecular complexity index is 1280. The standard InChI is InChI=1S/C20H19N9O/c1-10-11(2)27-17-15(18(22)25-9-16(17)26-10)5-4-13-6-14(8-24-7-13)19(30)29-20(23)28-12(3)21/h6-9H,1-3H3,(H2,22,25)(H4,21,23,28,29,30). The van der Waals surface area contributed by atoms with Crippen LogP contribution in [0.1, 0.15) is 39.8 Å². The minimum atomic E-state index is -0.614. The number of guanidine groups is 1. The van der Waals surface area contributed by atoms with Gasteiger partial charge in [-0.25, -0.2) is 19.9 Å². The predicted molar refractivity (Wildman–Crippen MR) is 115 cm³/mol. The summed E-state index contributed by atoms with van der Waals surface area (Å²) in [5, 5.41) is 0. The van der Waals surface area contributed by atoms with Crippen LogP contribution < -0.4 is 17.2 Å². The van der Waals surface area contributed by atoms with E-state index in [-0.39, 0.29) is 23.2 Å². The summed E-state index contributed by atoms with van der Waals surface area (Å²) in [6.07, 6.45) is 4.42. The monoisotopic (exact) mass is 401 g/mol. The maximum Gasteiger partial charge on any atom is 0.281 e. The maximum atomic E-state index is 12.2. The predicted octanol–water partition coefficient (Wildman–Crippen LogP) is 0.851. The van der Waals surface area contributed by atoms with Crippen molar-refractivity contribution in [2.75, 3.05) is 5.73 Å². The molecule has 0 bridgehead atoms. The summed E-state index contributed by atoms with van der Waals surface area (Å²) in [5.41, 5.74) is 20.8. The second-order valence-electron chi connectivity index (χ2n) is 6.39. The van der Waals surface area contributed by atoms with Crippen LogP contribution in [0.25, 0.3) is 11.0 Å². The van der Waals surface area contributed by atoms with Gasteiger partial charge >= 0.3 is 0 Å². The van der Waals surface area contributed by atoms with Crippen molar-refractivity contribution in [2.45, 2.75) is 20.8 Å². The van der Waals surface area contributed by atoms with Crippen molar-refractivity contribution in [2.24, 2.45) is 21.5 Å². The minimum absolute atomic E-state index is 0.191. The van der Waals surface area contributed by atoms with E-state index in [0.29, 0.717) is 22.2 Å². The first-order valence-electron chi connectivity index (χ1n) is 8.80. The third kappa shape index (κ3) is 4.53. The second-order valence-corrected chi connectivity index (χ2v) is 6.39. The van der Waals surface area contributed by atoms with Gasteiger partial charge in [0.25, 0.3) is 5.91 Å². The summed E-state index contributed by atoms with van der Waals surface area (Å²) in [7, 11) is 0. The molecule has 1 amide bonds. The van der Waals surface area contributed by atoms with Crippen molar-refractivity contribution < 1.29 is 4.79 Å². The summed E-state index contributed by atoms with van der Waals surface area (Å²) in [6, 6.07) is 1.54. The average molecular weight is 401 g/mol. The highest BCUT2D eigenvalue weighted by Gasteiger charge is 2.10. The Morgan fingerprint density at radius 3 is 2.50 bits per heavy atom. The quantitative estimate of drug-likeness (QED) is 0.306. The number of carbonyl (C=O) groups is 1. The van der Waals surface area contributed by atoms with Crippen molar-refractivity contribution in [3.8, 4) is 11.8 Å². The van der Waals surface area contributed by atoms with Crippen LogP contribution in [0.4, 0.5) is 5.82 Å². The number of hydrogen-bond donors (Lipinski definition) is 3. The number of anilines is 1. The molecule has 10 heteroatoms. The van der Waals surface area contributed by atoms with Gasteiger partial charge in [0.1, 0.15) is 16.9 Å². The number of hydrogen-bond acceptors (Lipinski definition) is 6. The molecule has 0 saturated heterocycles. The average Bonchev–Trinajstić information content (AvgIpc) is 2.68. The number of nitrogen functional groups attached to an aromatic ring is 1. The molecule has 10 nitrogen and oxygen atoms in total. The van der Waals surface area contributed by atoms with E-state index < -0.39 is 5.91 Å². The number of amidine groups is 1.